The topological polar surface area (TPSA) is 122 Å². The van der Waals surface area contributed by atoms with Crippen LogP contribution >= 0.6 is 23.4 Å². The Morgan fingerprint density at radius 2 is 1.90 bits per heavy atom. The Bertz CT molecular complexity index is 1050. The summed E-state index contributed by atoms with van der Waals surface area (Å²) in [4.78, 5) is 36.4. The number of halogens is 1. The maximum absolute atomic E-state index is 12.3. The molecule has 1 aliphatic carbocycles. The summed E-state index contributed by atoms with van der Waals surface area (Å²) in [6.45, 7) is -0.572. The number of amides is 1. The molecule has 0 saturated heterocycles. The predicted octanol–water partition coefficient (Wildman–Crippen LogP) is 4.51. The molecule has 1 N–H and O–H groups in total. The molecular weight excluding hydrogens is 442 g/mol. The number of rotatable bonds is 7. The first-order valence-corrected chi connectivity index (χ1v) is 10.6. The first-order valence-electron chi connectivity index (χ1n) is 9.43. The van der Waals surface area contributed by atoms with Gasteiger partial charge >= 0.3 is 5.97 Å². The van der Waals surface area contributed by atoms with Gasteiger partial charge in [-0.3, -0.25) is 14.9 Å². The first kappa shape index (κ1) is 22.6. The van der Waals surface area contributed by atoms with Gasteiger partial charge in [-0.05, 0) is 62.1 Å². The Kier molecular flexibility index (Phi) is 7.15. The molecule has 31 heavy (non-hydrogen) atoms. The van der Waals surface area contributed by atoms with Crippen molar-refractivity contribution in [2.24, 2.45) is 0 Å². The van der Waals surface area contributed by atoms with Crippen LogP contribution in [0.3, 0.4) is 0 Å². The fourth-order valence-electron chi connectivity index (χ4n) is 3.26. The molecule has 10 heteroatoms. The van der Waals surface area contributed by atoms with Crippen LogP contribution in [-0.2, 0) is 9.53 Å². The fraction of sp³-hybridized carbons (Fsp3) is 0.286. The van der Waals surface area contributed by atoms with Crippen LogP contribution in [0.25, 0.3) is 0 Å². The molecule has 8 nitrogen and oxygen atoms in total. The molecule has 1 saturated carbocycles. The third-order valence-electron chi connectivity index (χ3n) is 4.82. The lowest BCUT2D eigenvalue weighted by molar-refractivity contribution is -0.387. The second-order valence-electron chi connectivity index (χ2n) is 7.02. The molecule has 2 aromatic carbocycles. The molecule has 0 bridgehead atoms. The molecule has 0 aromatic heterocycles. The van der Waals surface area contributed by atoms with E-state index >= 15 is 0 Å². The average molecular weight is 460 g/mol. The van der Waals surface area contributed by atoms with Crippen molar-refractivity contribution in [1.82, 2.24) is 5.32 Å². The van der Waals surface area contributed by atoms with Crippen LogP contribution in [0, 0.1) is 21.4 Å². The SMILES string of the molecule is N#CC1(NC(=O)COC(=O)c2ccc(Sc3ccc(Cl)cc3)c([N+](=O)[O-])c2)CCCC1. The summed E-state index contributed by atoms with van der Waals surface area (Å²) in [5, 5.41) is 24.0. The Morgan fingerprint density at radius 1 is 1.23 bits per heavy atom. The molecular formula is C21H18ClN3O5S. The third-order valence-corrected chi connectivity index (χ3v) is 6.14. The standard InChI is InChI=1S/C21H18ClN3O5S/c22-15-4-6-16(7-5-15)31-18-8-3-14(11-17(18)25(28)29)20(27)30-12-19(26)24-21(13-23)9-1-2-10-21/h3-8,11H,1-2,9-10,12H2,(H,24,26). The maximum atomic E-state index is 12.3. The minimum absolute atomic E-state index is 0.0455. The molecule has 0 heterocycles. The predicted molar refractivity (Wildman–Crippen MR) is 114 cm³/mol. The van der Waals surface area contributed by atoms with Crippen LogP contribution in [0.4, 0.5) is 5.69 Å². The van der Waals surface area contributed by atoms with Crippen LogP contribution in [0.15, 0.2) is 52.3 Å². The molecule has 160 valence electrons. The molecule has 0 unspecified atom stereocenters. The summed E-state index contributed by atoms with van der Waals surface area (Å²) in [5.74, 6) is -1.44. The van der Waals surface area contributed by atoms with Crippen molar-refractivity contribution in [2.45, 2.75) is 41.0 Å². The summed E-state index contributed by atoms with van der Waals surface area (Å²) in [6.07, 6.45) is 2.81. The normalized spacial score (nSPS) is 14.5. The highest BCUT2D eigenvalue weighted by Crippen LogP contribution is 2.36. The Balaban J connectivity index is 1.66. The van der Waals surface area contributed by atoms with E-state index in [2.05, 4.69) is 11.4 Å². The Hall–Kier alpha value is -3.09. The van der Waals surface area contributed by atoms with Crippen LogP contribution in [0.1, 0.15) is 36.0 Å². The number of nitrogens with zero attached hydrogens (tertiary/aromatic N) is 2. The lowest BCUT2D eigenvalue weighted by Crippen LogP contribution is -2.46. The summed E-state index contributed by atoms with van der Waals surface area (Å²) in [5.41, 5.74) is -1.22. The number of esters is 1. The number of nitriles is 1. The zero-order chi connectivity index (χ0) is 22.4. The van der Waals surface area contributed by atoms with E-state index in [1.165, 1.54) is 12.1 Å². The van der Waals surface area contributed by atoms with Gasteiger partial charge in [-0.25, -0.2) is 4.79 Å². The van der Waals surface area contributed by atoms with E-state index in [4.69, 9.17) is 16.3 Å². The molecule has 1 fully saturated rings. The van der Waals surface area contributed by atoms with Crippen molar-refractivity contribution in [1.29, 1.82) is 5.26 Å². The van der Waals surface area contributed by atoms with E-state index in [0.29, 0.717) is 22.8 Å². The summed E-state index contributed by atoms with van der Waals surface area (Å²) in [6, 6.07) is 12.9. The molecule has 0 radical (unpaired) electrons. The number of hydrogen-bond donors (Lipinski definition) is 1. The van der Waals surface area contributed by atoms with Crippen LogP contribution in [0.5, 0.6) is 0 Å². The van der Waals surface area contributed by atoms with Gasteiger partial charge < -0.3 is 10.1 Å². The van der Waals surface area contributed by atoms with E-state index < -0.39 is 28.9 Å². The van der Waals surface area contributed by atoms with E-state index in [1.807, 2.05) is 0 Å². The number of ether oxygens (including phenoxy) is 1. The highest BCUT2D eigenvalue weighted by atomic mass is 35.5. The number of hydrogen-bond acceptors (Lipinski definition) is 7. The second kappa shape index (κ2) is 9.81. The Labute approximate surface area is 187 Å². The summed E-state index contributed by atoms with van der Waals surface area (Å²) >= 11 is 7.02. The highest BCUT2D eigenvalue weighted by Gasteiger charge is 2.35. The van der Waals surface area contributed by atoms with E-state index in [-0.39, 0.29) is 11.3 Å². The zero-order valence-corrected chi connectivity index (χ0v) is 17.9. The number of nitrogens with one attached hydrogen (secondary N) is 1. The lowest BCUT2D eigenvalue weighted by atomic mass is 10.00. The number of carbonyl (C=O) groups excluding carboxylic acids is 2. The first-order chi connectivity index (χ1) is 14.8. The van der Waals surface area contributed by atoms with Gasteiger partial charge in [-0.2, -0.15) is 5.26 Å². The quantitative estimate of drug-likeness (QED) is 0.367. The van der Waals surface area contributed by atoms with Crippen molar-refractivity contribution in [3.63, 3.8) is 0 Å². The van der Waals surface area contributed by atoms with E-state index in [0.717, 1.165) is 35.6 Å². The average Bonchev–Trinajstić information content (AvgIpc) is 3.22. The number of benzene rings is 2. The molecule has 3 rings (SSSR count). The smallest absolute Gasteiger partial charge is 0.338 e. The van der Waals surface area contributed by atoms with Crippen LogP contribution in [0.2, 0.25) is 5.02 Å². The van der Waals surface area contributed by atoms with Gasteiger partial charge in [0.25, 0.3) is 11.6 Å². The highest BCUT2D eigenvalue weighted by molar-refractivity contribution is 7.99. The van der Waals surface area contributed by atoms with Crippen molar-refractivity contribution in [2.75, 3.05) is 6.61 Å². The number of nitro benzene ring substituents is 1. The minimum Gasteiger partial charge on any atom is -0.452 e. The van der Waals surface area contributed by atoms with Crippen LogP contribution in [-0.4, -0.2) is 28.9 Å². The zero-order valence-electron chi connectivity index (χ0n) is 16.3. The molecule has 0 spiro atoms. The molecule has 0 aliphatic heterocycles. The van der Waals surface area contributed by atoms with Gasteiger partial charge in [-0.1, -0.05) is 23.4 Å². The second-order valence-corrected chi connectivity index (χ2v) is 8.57. The van der Waals surface area contributed by atoms with E-state index in [1.54, 1.807) is 24.3 Å². The maximum Gasteiger partial charge on any atom is 0.338 e. The molecule has 2 aromatic rings. The summed E-state index contributed by atoms with van der Waals surface area (Å²) in [7, 11) is 0. The largest absolute Gasteiger partial charge is 0.452 e. The van der Waals surface area contributed by atoms with Gasteiger partial charge in [0.15, 0.2) is 6.61 Å². The number of carbonyl (C=O) groups is 2. The van der Waals surface area contributed by atoms with Crippen molar-refractivity contribution >= 4 is 40.9 Å². The molecule has 1 amide bonds. The molecule has 1 aliphatic rings. The van der Waals surface area contributed by atoms with Gasteiger partial charge in [-0.15, -0.1) is 0 Å². The summed E-state index contributed by atoms with van der Waals surface area (Å²) < 4.78 is 4.99. The van der Waals surface area contributed by atoms with Crippen molar-refractivity contribution in [3.8, 4) is 6.07 Å². The third kappa shape index (κ3) is 5.75. The van der Waals surface area contributed by atoms with Crippen molar-refractivity contribution in [3.05, 3.63) is 63.2 Å². The van der Waals surface area contributed by atoms with Crippen molar-refractivity contribution < 1.29 is 19.2 Å². The van der Waals surface area contributed by atoms with Gasteiger partial charge in [0.05, 0.1) is 21.5 Å². The van der Waals surface area contributed by atoms with Gasteiger partial charge in [0.2, 0.25) is 0 Å². The van der Waals surface area contributed by atoms with Crippen LogP contribution < -0.4 is 5.32 Å². The van der Waals surface area contributed by atoms with Gasteiger partial charge in [0.1, 0.15) is 5.54 Å². The molecule has 0 atom stereocenters. The lowest BCUT2D eigenvalue weighted by Gasteiger charge is -2.21. The fourth-order valence-corrected chi connectivity index (χ4v) is 4.29. The monoisotopic (exact) mass is 459 g/mol. The Morgan fingerprint density at radius 3 is 2.52 bits per heavy atom. The minimum atomic E-state index is -0.914. The van der Waals surface area contributed by atoms with E-state index in [9.17, 15) is 25.0 Å². The van der Waals surface area contributed by atoms with Gasteiger partial charge in [0, 0.05) is 16.0 Å². The number of nitro groups is 1.